The van der Waals surface area contributed by atoms with E-state index in [9.17, 15) is 9.59 Å². The number of hydrogen-bond donors (Lipinski definition) is 1. The average molecular weight is 411 g/mol. The van der Waals surface area contributed by atoms with Crippen molar-refractivity contribution in [2.75, 3.05) is 5.32 Å². The number of nitrogens with one attached hydrogen (secondary N) is 1. The average Bonchev–Trinajstić information content (AvgIpc) is 2.72. The minimum absolute atomic E-state index is 0.0618. The van der Waals surface area contributed by atoms with Crippen LogP contribution in [0.5, 0.6) is 0 Å². The van der Waals surface area contributed by atoms with E-state index in [0.29, 0.717) is 16.7 Å². The Morgan fingerprint density at radius 3 is 2.39 bits per heavy atom. The van der Waals surface area contributed by atoms with E-state index < -0.39 is 11.3 Å². The van der Waals surface area contributed by atoms with Crippen LogP contribution in [-0.2, 0) is 0 Å². The summed E-state index contributed by atoms with van der Waals surface area (Å²) in [5.41, 5.74) is 0.897. The fraction of sp³-hybridized carbons (Fsp3) is 0. The molecular weight excluding hydrogens is 399 g/mol. The number of anilines is 1. The lowest BCUT2D eigenvalue weighted by molar-refractivity contribution is 0.102. The predicted octanol–water partition coefficient (Wildman–Crippen LogP) is 4.34. The van der Waals surface area contributed by atoms with Gasteiger partial charge >= 0.3 is 0 Å². The SMILES string of the molecule is O=C(Nc1c(Cl)cccc1Cl)c1cn(-c2ccncc2)c2ncccc2c1=O. The van der Waals surface area contributed by atoms with Crippen LogP contribution in [0.1, 0.15) is 10.4 Å². The Labute approximate surface area is 169 Å². The zero-order valence-electron chi connectivity index (χ0n) is 14.3. The zero-order chi connectivity index (χ0) is 19.7. The van der Waals surface area contributed by atoms with Gasteiger partial charge in [0.1, 0.15) is 11.2 Å². The lowest BCUT2D eigenvalue weighted by atomic mass is 10.1. The number of para-hydroxylation sites is 1. The van der Waals surface area contributed by atoms with E-state index in [2.05, 4.69) is 15.3 Å². The number of nitrogens with zero attached hydrogens (tertiary/aromatic N) is 3. The standard InChI is InChI=1S/C20H12Cl2N4O2/c21-15-4-1-5-16(22)17(15)25-20(28)14-11-26(12-6-9-23-10-7-12)19-13(18(14)27)3-2-8-24-19/h1-11H,(H,25,28). The first-order valence-electron chi connectivity index (χ1n) is 8.22. The van der Waals surface area contributed by atoms with Crippen LogP contribution in [-0.4, -0.2) is 20.4 Å². The molecule has 1 aromatic carbocycles. The first-order chi connectivity index (χ1) is 13.6. The summed E-state index contributed by atoms with van der Waals surface area (Å²) < 4.78 is 1.67. The molecule has 0 saturated heterocycles. The number of carbonyl (C=O) groups excluding carboxylic acids is 1. The van der Waals surface area contributed by atoms with Crippen molar-refractivity contribution in [1.29, 1.82) is 0 Å². The number of halogens is 2. The Bertz CT molecular complexity index is 1240. The first kappa shape index (κ1) is 18.2. The first-order valence-corrected chi connectivity index (χ1v) is 8.98. The summed E-state index contributed by atoms with van der Waals surface area (Å²) in [6, 6.07) is 11.6. The lowest BCUT2D eigenvalue weighted by Crippen LogP contribution is -2.24. The van der Waals surface area contributed by atoms with E-state index in [1.54, 1.807) is 65.6 Å². The van der Waals surface area contributed by atoms with Gasteiger partial charge in [0, 0.05) is 24.8 Å². The zero-order valence-corrected chi connectivity index (χ0v) is 15.8. The number of hydrogen-bond acceptors (Lipinski definition) is 4. The molecule has 8 heteroatoms. The van der Waals surface area contributed by atoms with E-state index in [1.807, 2.05) is 0 Å². The van der Waals surface area contributed by atoms with Gasteiger partial charge in [0.2, 0.25) is 5.43 Å². The smallest absolute Gasteiger partial charge is 0.261 e. The minimum atomic E-state index is -0.617. The molecule has 0 bridgehead atoms. The number of benzene rings is 1. The minimum Gasteiger partial charge on any atom is -0.319 e. The maximum Gasteiger partial charge on any atom is 0.261 e. The third-order valence-electron chi connectivity index (χ3n) is 4.15. The number of aromatic nitrogens is 3. The van der Waals surface area contributed by atoms with Crippen molar-refractivity contribution in [2.24, 2.45) is 0 Å². The summed E-state index contributed by atoms with van der Waals surface area (Å²) in [6.07, 6.45) is 6.27. The van der Waals surface area contributed by atoms with Crippen molar-refractivity contribution >= 4 is 45.8 Å². The Morgan fingerprint density at radius 2 is 1.68 bits per heavy atom. The Morgan fingerprint density at radius 1 is 0.964 bits per heavy atom. The van der Waals surface area contributed by atoms with Crippen molar-refractivity contribution in [1.82, 2.24) is 14.5 Å². The van der Waals surface area contributed by atoms with E-state index in [4.69, 9.17) is 23.2 Å². The van der Waals surface area contributed by atoms with Gasteiger partial charge in [0.05, 0.1) is 26.8 Å². The Balaban J connectivity index is 1.89. The van der Waals surface area contributed by atoms with Gasteiger partial charge in [0.25, 0.3) is 5.91 Å². The molecule has 0 fully saturated rings. The molecule has 0 atom stereocenters. The molecule has 6 nitrogen and oxygen atoms in total. The van der Waals surface area contributed by atoms with Gasteiger partial charge in [-0.05, 0) is 36.4 Å². The molecule has 28 heavy (non-hydrogen) atoms. The van der Waals surface area contributed by atoms with E-state index in [1.165, 1.54) is 6.20 Å². The number of fused-ring (bicyclic) bond motifs is 1. The van der Waals surface area contributed by atoms with Crippen LogP contribution in [0.15, 0.2) is 72.0 Å². The van der Waals surface area contributed by atoms with Crippen molar-refractivity contribution in [3.8, 4) is 5.69 Å². The van der Waals surface area contributed by atoms with Crippen LogP contribution < -0.4 is 10.7 Å². The molecule has 0 aliphatic carbocycles. The van der Waals surface area contributed by atoms with E-state index >= 15 is 0 Å². The van der Waals surface area contributed by atoms with Gasteiger partial charge in [-0.2, -0.15) is 0 Å². The second kappa shape index (κ2) is 7.42. The summed E-state index contributed by atoms with van der Waals surface area (Å²) in [6.45, 7) is 0. The maximum atomic E-state index is 12.9. The van der Waals surface area contributed by atoms with Gasteiger partial charge in [-0.25, -0.2) is 4.98 Å². The van der Waals surface area contributed by atoms with Gasteiger partial charge in [-0.15, -0.1) is 0 Å². The fourth-order valence-corrected chi connectivity index (χ4v) is 3.31. The predicted molar refractivity (Wildman–Crippen MR) is 110 cm³/mol. The Hall–Kier alpha value is -3.22. The van der Waals surface area contributed by atoms with Crippen LogP contribution in [0.3, 0.4) is 0 Å². The van der Waals surface area contributed by atoms with Gasteiger partial charge in [-0.1, -0.05) is 29.3 Å². The summed E-state index contributed by atoms with van der Waals surface area (Å²) in [7, 11) is 0. The molecule has 3 heterocycles. The van der Waals surface area contributed by atoms with E-state index in [-0.39, 0.29) is 21.3 Å². The quantitative estimate of drug-likeness (QED) is 0.544. The summed E-state index contributed by atoms with van der Waals surface area (Å²) in [4.78, 5) is 34.1. The molecule has 138 valence electrons. The highest BCUT2D eigenvalue weighted by atomic mass is 35.5. The highest BCUT2D eigenvalue weighted by Crippen LogP contribution is 2.30. The van der Waals surface area contributed by atoms with E-state index in [0.717, 1.165) is 0 Å². The number of pyridine rings is 3. The summed E-state index contributed by atoms with van der Waals surface area (Å²) in [5, 5.41) is 3.50. The monoisotopic (exact) mass is 410 g/mol. The number of carbonyl (C=O) groups is 1. The highest BCUT2D eigenvalue weighted by Gasteiger charge is 2.18. The summed E-state index contributed by atoms with van der Waals surface area (Å²) in [5.74, 6) is -0.617. The molecule has 1 amide bonds. The third kappa shape index (κ3) is 3.24. The number of amides is 1. The van der Waals surface area contributed by atoms with Crippen LogP contribution >= 0.6 is 23.2 Å². The molecule has 3 aromatic heterocycles. The molecule has 0 aliphatic rings. The second-order valence-corrected chi connectivity index (χ2v) is 6.69. The highest BCUT2D eigenvalue weighted by molar-refractivity contribution is 6.40. The Kier molecular flexibility index (Phi) is 4.81. The lowest BCUT2D eigenvalue weighted by Gasteiger charge is -2.13. The van der Waals surface area contributed by atoms with Gasteiger partial charge in [-0.3, -0.25) is 14.6 Å². The molecule has 0 saturated carbocycles. The van der Waals surface area contributed by atoms with Gasteiger partial charge in [0.15, 0.2) is 0 Å². The number of rotatable bonds is 3. The molecule has 1 N–H and O–H groups in total. The molecule has 4 rings (SSSR count). The largest absolute Gasteiger partial charge is 0.319 e. The second-order valence-electron chi connectivity index (χ2n) is 5.87. The van der Waals surface area contributed by atoms with Gasteiger partial charge < -0.3 is 9.88 Å². The third-order valence-corrected chi connectivity index (χ3v) is 4.78. The van der Waals surface area contributed by atoms with Crippen LogP contribution in [0.25, 0.3) is 16.7 Å². The summed E-state index contributed by atoms with van der Waals surface area (Å²) >= 11 is 12.2. The molecule has 0 aliphatic heterocycles. The van der Waals surface area contributed by atoms with Crippen LogP contribution in [0.2, 0.25) is 10.0 Å². The van der Waals surface area contributed by atoms with Crippen molar-refractivity contribution in [3.63, 3.8) is 0 Å². The maximum absolute atomic E-state index is 12.9. The van der Waals surface area contributed by atoms with Crippen molar-refractivity contribution < 1.29 is 4.79 Å². The fourth-order valence-electron chi connectivity index (χ4n) is 2.82. The normalized spacial score (nSPS) is 10.8. The van der Waals surface area contributed by atoms with Crippen molar-refractivity contribution in [2.45, 2.75) is 0 Å². The van der Waals surface area contributed by atoms with Crippen molar-refractivity contribution in [3.05, 3.63) is 93.1 Å². The molecule has 4 aromatic rings. The molecular formula is C20H12Cl2N4O2. The topological polar surface area (TPSA) is 76.9 Å². The molecule has 0 spiro atoms. The molecule has 0 radical (unpaired) electrons. The van der Waals surface area contributed by atoms with Crippen LogP contribution in [0, 0.1) is 0 Å². The van der Waals surface area contributed by atoms with Crippen LogP contribution in [0.4, 0.5) is 5.69 Å². The molecule has 0 unspecified atom stereocenters.